The Balaban J connectivity index is 1.85. The summed E-state index contributed by atoms with van der Waals surface area (Å²) >= 11 is 0. The third-order valence-electron chi connectivity index (χ3n) is 5.03. The molecule has 0 bridgehead atoms. The SMILES string of the molecule is CN(C)CCN1CCN(C2(CN)CCCN(C)C2)CC1. The first-order valence-electron chi connectivity index (χ1n) is 8.06. The maximum atomic E-state index is 6.18. The van der Waals surface area contributed by atoms with Crippen LogP contribution in [0, 0.1) is 0 Å². The second-order valence-electron chi connectivity index (χ2n) is 6.90. The molecule has 0 aromatic heterocycles. The van der Waals surface area contributed by atoms with Crippen molar-refractivity contribution < 1.29 is 0 Å². The first kappa shape index (κ1) is 16.2. The Kier molecular flexibility index (Phi) is 5.81. The van der Waals surface area contributed by atoms with Gasteiger partial charge in [-0.25, -0.2) is 0 Å². The van der Waals surface area contributed by atoms with Crippen LogP contribution in [0.15, 0.2) is 0 Å². The lowest BCUT2D eigenvalue weighted by atomic mass is 9.86. The van der Waals surface area contributed by atoms with Crippen LogP contribution in [0.3, 0.4) is 0 Å². The molecular formula is C15H33N5. The van der Waals surface area contributed by atoms with Crippen molar-refractivity contribution in [2.75, 3.05) is 80.0 Å². The van der Waals surface area contributed by atoms with Crippen molar-refractivity contribution in [3.05, 3.63) is 0 Å². The summed E-state index contributed by atoms with van der Waals surface area (Å²) in [6.45, 7) is 10.3. The minimum Gasteiger partial charge on any atom is -0.329 e. The van der Waals surface area contributed by atoms with E-state index in [4.69, 9.17) is 5.73 Å². The van der Waals surface area contributed by atoms with Gasteiger partial charge in [0.05, 0.1) is 0 Å². The van der Waals surface area contributed by atoms with Crippen molar-refractivity contribution in [3.8, 4) is 0 Å². The molecule has 0 amide bonds. The van der Waals surface area contributed by atoms with Gasteiger partial charge in [-0.1, -0.05) is 0 Å². The molecule has 0 aromatic rings. The van der Waals surface area contributed by atoms with Crippen LogP contribution in [0.5, 0.6) is 0 Å². The quantitative estimate of drug-likeness (QED) is 0.743. The number of likely N-dealkylation sites (N-methyl/N-ethyl adjacent to an activating group) is 2. The van der Waals surface area contributed by atoms with E-state index in [1.165, 1.54) is 52.1 Å². The number of nitrogens with two attached hydrogens (primary N) is 1. The van der Waals surface area contributed by atoms with Crippen molar-refractivity contribution >= 4 is 0 Å². The fourth-order valence-corrected chi connectivity index (χ4v) is 3.68. The van der Waals surface area contributed by atoms with Gasteiger partial charge < -0.3 is 15.5 Å². The summed E-state index contributed by atoms with van der Waals surface area (Å²) in [6.07, 6.45) is 2.56. The van der Waals surface area contributed by atoms with E-state index in [1.54, 1.807) is 0 Å². The zero-order chi connectivity index (χ0) is 14.6. The van der Waals surface area contributed by atoms with Crippen molar-refractivity contribution in [2.45, 2.75) is 18.4 Å². The molecule has 0 aliphatic carbocycles. The Labute approximate surface area is 124 Å². The smallest absolute Gasteiger partial charge is 0.0459 e. The largest absolute Gasteiger partial charge is 0.329 e. The van der Waals surface area contributed by atoms with Crippen LogP contribution in [0.4, 0.5) is 0 Å². The Morgan fingerprint density at radius 2 is 1.80 bits per heavy atom. The van der Waals surface area contributed by atoms with Gasteiger partial charge in [-0.05, 0) is 40.5 Å². The van der Waals surface area contributed by atoms with Gasteiger partial charge in [0.25, 0.3) is 0 Å². The molecule has 1 unspecified atom stereocenters. The molecule has 2 fully saturated rings. The highest BCUT2D eigenvalue weighted by Crippen LogP contribution is 2.27. The summed E-state index contributed by atoms with van der Waals surface area (Å²) in [5.41, 5.74) is 6.41. The maximum absolute atomic E-state index is 6.18. The normalized spacial score (nSPS) is 31.1. The number of hydrogen-bond acceptors (Lipinski definition) is 5. The minimum absolute atomic E-state index is 0.237. The first-order chi connectivity index (χ1) is 9.55. The number of piperidine rings is 1. The highest BCUT2D eigenvalue weighted by Gasteiger charge is 2.39. The zero-order valence-electron chi connectivity index (χ0n) is 13.6. The highest BCUT2D eigenvalue weighted by molar-refractivity contribution is 4.98. The van der Waals surface area contributed by atoms with E-state index in [0.29, 0.717) is 0 Å². The number of hydrogen-bond donors (Lipinski definition) is 1. The van der Waals surface area contributed by atoms with Crippen LogP contribution in [0.1, 0.15) is 12.8 Å². The Hall–Kier alpha value is -0.200. The number of rotatable bonds is 5. The molecule has 2 aliphatic rings. The van der Waals surface area contributed by atoms with Crippen LogP contribution in [0.2, 0.25) is 0 Å². The van der Waals surface area contributed by atoms with E-state index in [1.807, 2.05) is 0 Å². The molecule has 0 spiro atoms. The minimum atomic E-state index is 0.237. The van der Waals surface area contributed by atoms with E-state index in [9.17, 15) is 0 Å². The highest BCUT2D eigenvalue weighted by atomic mass is 15.3. The Morgan fingerprint density at radius 3 is 2.35 bits per heavy atom. The molecule has 0 saturated carbocycles. The Morgan fingerprint density at radius 1 is 1.10 bits per heavy atom. The van der Waals surface area contributed by atoms with Crippen LogP contribution in [-0.2, 0) is 0 Å². The van der Waals surface area contributed by atoms with Crippen molar-refractivity contribution in [2.24, 2.45) is 5.73 Å². The molecule has 118 valence electrons. The molecule has 20 heavy (non-hydrogen) atoms. The molecule has 2 aliphatic heterocycles. The lowest BCUT2D eigenvalue weighted by Gasteiger charge is -2.51. The third kappa shape index (κ3) is 3.92. The average molecular weight is 283 g/mol. The molecule has 5 nitrogen and oxygen atoms in total. The topological polar surface area (TPSA) is 39.0 Å². The van der Waals surface area contributed by atoms with Crippen LogP contribution < -0.4 is 5.73 Å². The monoisotopic (exact) mass is 283 g/mol. The van der Waals surface area contributed by atoms with E-state index in [0.717, 1.165) is 19.6 Å². The van der Waals surface area contributed by atoms with E-state index < -0.39 is 0 Å². The van der Waals surface area contributed by atoms with Crippen LogP contribution in [0.25, 0.3) is 0 Å². The van der Waals surface area contributed by atoms with E-state index >= 15 is 0 Å². The van der Waals surface area contributed by atoms with Gasteiger partial charge in [0.1, 0.15) is 0 Å². The van der Waals surface area contributed by atoms with E-state index in [2.05, 4.69) is 40.7 Å². The maximum Gasteiger partial charge on any atom is 0.0459 e. The van der Waals surface area contributed by atoms with Gasteiger partial charge in [-0.3, -0.25) is 9.80 Å². The van der Waals surface area contributed by atoms with Crippen molar-refractivity contribution in [3.63, 3.8) is 0 Å². The average Bonchev–Trinajstić information content (AvgIpc) is 2.45. The standard InChI is InChI=1S/C15H33N5/c1-17(2)7-8-19-9-11-20(12-10-19)15(13-16)5-4-6-18(3)14-15/h4-14,16H2,1-3H3. The molecule has 5 heteroatoms. The number of likely N-dealkylation sites (tertiary alicyclic amines) is 1. The second kappa shape index (κ2) is 7.18. The van der Waals surface area contributed by atoms with Crippen LogP contribution >= 0.6 is 0 Å². The third-order valence-corrected chi connectivity index (χ3v) is 5.03. The molecular weight excluding hydrogens is 250 g/mol. The van der Waals surface area contributed by atoms with E-state index in [-0.39, 0.29) is 5.54 Å². The molecule has 2 saturated heterocycles. The van der Waals surface area contributed by atoms with Gasteiger partial charge in [-0.2, -0.15) is 0 Å². The second-order valence-corrected chi connectivity index (χ2v) is 6.90. The lowest BCUT2D eigenvalue weighted by Crippen LogP contribution is -2.65. The summed E-state index contributed by atoms with van der Waals surface area (Å²) in [6, 6.07) is 0. The molecule has 0 radical (unpaired) electrons. The summed E-state index contributed by atoms with van der Waals surface area (Å²) < 4.78 is 0. The lowest BCUT2D eigenvalue weighted by molar-refractivity contribution is -0.00760. The summed E-state index contributed by atoms with van der Waals surface area (Å²) in [5, 5.41) is 0. The fraction of sp³-hybridized carbons (Fsp3) is 1.00. The zero-order valence-corrected chi connectivity index (χ0v) is 13.6. The van der Waals surface area contributed by atoms with Crippen molar-refractivity contribution in [1.29, 1.82) is 0 Å². The summed E-state index contributed by atoms with van der Waals surface area (Å²) in [4.78, 5) is 9.99. The number of nitrogens with zero attached hydrogens (tertiary/aromatic N) is 4. The first-order valence-corrected chi connectivity index (χ1v) is 8.06. The number of piperazine rings is 1. The summed E-state index contributed by atoms with van der Waals surface area (Å²) in [5.74, 6) is 0. The predicted molar refractivity (Wildman–Crippen MR) is 85.1 cm³/mol. The molecule has 2 N–H and O–H groups in total. The summed E-state index contributed by atoms with van der Waals surface area (Å²) in [7, 11) is 6.53. The van der Waals surface area contributed by atoms with Crippen molar-refractivity contribution in [1.82, 2.24) is 19.6 Å². The molecule has 1 atom stereocenters. The van der Waals surface area contributed by atoms with Gasteiger partial charge in [-0.15, -0.1) is 0 Å². The van der Waals surface area contributed by atoms with Gasteiger partial charge in [0.15, 0.2) is 0 Å². The fourth-order valence-electron chi connectivity index (χ4n) is 3.68. The molecule has 2 rings (SSSR count). The van der Waals surface area contributed by atoms with Gasteiger partial charge in [0, 0.05) is 57.9 Å². The van der Waals surface area contributed by atoms with Gasteiger partial charge >= 0.3 is 0 Å². The predicted octanol–water partition coefficient (Wildman–Crippen LogP) is -0.411. The Bertz CT molecular complexity index is 288. The molecule has 0 aromatic carbocycles. The van der Waals surface area contributed by atoms with Gasteiger partial charge in [0.2, 0.25) is 0 Å². The molecule has 2 heterocycles. The van der Waals surface area contributed by atoms with Crippen LogP contribution in [-0.4, -0.2) is 105 Å².